The van der Waals surface area contributed by atoms with Crippen LogP contribution in [0.1, 0.15) is 55.0 Å². The van der Waals surface area contributed by atoms with Crippen LogP contribution in [0.2, 0.25) is 0 Å². The van der Waals surface area contributed by atoms with Gasteiger partial charge in [-0.05, 0) is 48.3 Å². The van der Waals surface area contributed by atoms with Gasteiger partial charge in [-0.15, -0.1) is 0 Å². The highest BCUT2D eigenvalue weighted by Crippen LogP contribution is 2.41. The standard InChI is InChI=1S/C23H25N3O2/c1-16-11-12-26(23(27)28-15-17-5-3-2-4-6-17)22(16)20-14-25-13-19(18-7-8-18)9-10-21(25)24-20/h2-6,9-10,13-14,16,18,22H,7-8,11-12,15H2,1H3/t16-,22-/m1/s1. The molecule has 1 saturated heterocycles. The number of nitrogens with zero attached hydrogens (tertiary/aromatic N) is 3. The first-order chi connectivity index (χ1) is 13.7. The number of pyridine rings is 1. The van der Waals surface area contributed by atoms with E-state index in [2.05, 4.69) is 35.9 Å². The van der Waals surface area contributed by atoms with Gasteiger partial charge in [0.05, 0.1) is 11.7 Å². The zero-order chi connectivity index (χ0) is 19.1. The Bertz CT molecular complexity index is 994. The minimum absolute atomic E-state index is 0.0347. The Morgan fingerprint density at radius 2 is 1.93 bits per heavy atom. The molecular formula is C23H25N3O2. The zero-order valence-corrected chi connectivity index (χ0v) is 16.1. The predicted octanol–water partition coefficient (Wildman–Crippen LogP) is 4.93. The van der Waals surface area contributed by atoms with Gasteiger partial charge < -0.3 is 9.14 Å². The molecular weight excluding hydrogens is 350 g/mol. The Balaban J connectivity index is 1.36. The molecule has 1 aliphatic heterocycles. The van der Waals surface area contributed by atoms with Crippen LogP contribution in [-0.4, -0.2) is 26.9 Å². The molecule has 1 saturated carbocycles. The van der Waals surface area contributed by atoms with Gasteiger partial charge >= 0.3 is 6.09 Å². The second-order valence-corrected chi connectivity index (χ2v) is 8.11. The smallest absolute Gasteiger partial charge is 0.410 e. The molecule has 5 heteroatoms. The number of amides is 1. The lowest BCUT2D eigenvalue weighted by Gasteiger charge is -2.24. The van der Waals surface area contributed by atoms with Crippen LogP contribution in [0.5, 0.6) is 0 Å². The lowest BCUT2D eigenvalue weighted by atomic mass is 10.0. The minimum Gasteiger partial charge on any atom is -0.445 e. The third-order valence-electron chi connectivity index (χ3n) is 5.98. The molecule has 0 radical (unpaired) electrons. The Hall–Kier alpha value is -2.82. The fraction of sp³-hybridized carbons (Fsp3) is 0.391. The second-order valence-electron chi connectivity index (χ2n) is 8.11. The van der Waals surface area contributed by atoms with Crippen LogP contribution in [0.3, 0.4) is 0 Å². The maximum absolute atomic E-state index is 12.8. The first-order valence-corrected chi connectivity index (χ1v) is 10.1. The number of rotatable bonds is 4. The number of carbonyl (C=O) groups is 1. The molecule has 0 bridgehead atoms. The van der Waals surface area contributed by atoms with Crippen LogP contribution in [0, 0.1) is 5.92 Å². The lowest BCUT2D eigenvalue weighted by Crippen LogP contribution is -2.32. The van der Waals surface area contributed by atoms with E-state index in [1.54, 1.807) is 0 Å². The van der Waals surface area contributed by atoms with E-state index in [9.17, 15) is 4.79 Å². The summed E-state index contributed by atoms with van der Waals surface area (Å²) >= 11 is 0. The van der Waals surface area contributed by atoms with Crippen molar-refractivity contribution in [2.24, 2.45) is 5.92 Å². The lowest BCUT2D eigenvalue weighted by molar-refractivity contribution is 0.0883. The van der Waals surface area contributed by atoms with Crippen molar-refractivity contribution >= 4 is 11.7 Å². The molecule has 3 aromatic rings. The average Bonchev–Trinajstić information content (AvgIpc) is 3.37. The summed E-state index contributed by atoms with van der Waals surface area (Å²) in [6.07, 6.45) is 7.56. The number of ether oxygens (including phenoxy) is 1. The average molecular weight is 375 g/mol. The number of aromatic nitrogens is 2. The van der Waals surface area contributed by atoms with Crippen molar-refractivity contribution in [3.63, 3.8) is 0 Å². The van der Waals surface area contributed by atoms with Gasteiger partial charge in [-0.3, -0.25) is 4.90 Å². The van der Waals surface area contributed by atoms with Crippen LogP contribution >= 0.6 is 0 Å². The fourth-order valence-electron chi connectivity index (χ4n) is 4.23. The highest BCUT2D eigenvalue weighted by Gasteiger charge is 2.38. The summed E-state index contributed by atoms with van der Waals surface area (Å²) < 4.78 is 7.71. The van der Waals surface area contributed by atoms with Crippen molar-refractivity contribution in [2.45, 2.75) is 44.8 Å². The van der Waals surface area contributed by atoms with Crippen molar-refractivity contribution < 1.29 is 9.53 Å². The van der Waals surface area contributed by atoms with Gasteiger partial charge in [-0.1, -0.05) is 43.3 Å². The minimum atomic E-state index is -0.256. The number of hydrogen-bond acceptors (Lipinski definition) is 3. The largest absolute Gasteiger partial charge is 0.445 e. The van der Waals surface area contributed by atoms with Gasteiger partial charge in [0, 0.05) is 18.9 Å². The Morgan fingerprint density at radius 1 is 1.11 bits per heavy atom. The van der Waals surface area contributed by atoms with Crippen molar-refractivity contribution in [3.8, 4) is 0 Å². The molecule has 28 heavy (non-hydrogen) atoms. The zero-order valence-electron chi connectivity index (χ0n) is 16.1. The molecule has 2 aromatic heterocycles. The molecule has 1 aromatic carbocycles. The van der Waals surface area contributed by atoms with Crippen LogP contribution in [-0.2, 0) is 11.3 Å². The Labute approximate surface area is 164 Å². The van der Waals surface area contributed by atoms with Gasteiger partial charge in [-0.25, -0.2) is 9.78 Å². The summed E-state index contributed by atoms with van der Waals surface area (Å²) in [6.45, 7) is 3.20. The van der Waals surface area contributed by atoms with E-state index >= 15 is 0 Å². The van der Waals surface area contributed by atoms with Crippen LogP contribution in [0.15, 0.2) is 54.9 Å². The summed E-state index contributed by atoms with van der Waals surface area (Å²) in [4.78, 5) is 19.5. The fourth-order valence-corrected chi connectivity index (χ4v) is 4.23. The number of imidazole rings is 1. The number of carbonyl (C=O) groups excluding carboxylic acids is 1. The highest BCUT2D eigenvalue weighted by molar-refractivity contribution is 5.69. The molecule has 2 aliphatic rings. The summed E-state index contributed by atoms with van der Waals surface area (Å²) in [6, 6.07) is 14.1. The molecule has 5 rings (SSSR count). The Morgan fingerprint density at radius 3 is 2.71 bits per heavy atom. The third kappa shape index (κ3) is 3.26. The van der Waals surface area contributed by atoms with Crippen molar-refractivity contribution in [1.82, 2.24) is 14.3 Å². The van der Waals surface area contributed by atoms with Crippen molar-refractivity contribution in [2.75, 3.05) is 6.54 Å². The molecule has 144 valence electrons. The molecule has 2 fully saturated rings. The van der Waals surface area contributed by atoms with E-state index in [0.717, 1.165) is 23.3 Å². The molecule has 2 atom stereocenters. The topological polar surface area (TPSA) is 46.8 Å². The van der Waals surface area contributed by atoms with E-state index in [1.807, 2.05) is 35.2 Å². The maximum atomic E-state index is 12.8. The summed E-state index contributed by atoms with van der Waals surface area (Å²) in [5, 5.41) is 0. The molecule has 1 aliphatic carbocycles. The third-order valence-corrected chi connectivity index (χ3v) is 5.98. The molecule has 0 unspecified atom stereocenters. The van der Waals surface area contributed by atoms with E-state index in [1.165, 1.54) is 18.4 Å². The summed E-state index contributed by atoms with van der Waals surface area (Å²) in [7, 11) is 0. The predicted molar refractivity (Wildman–Crippen MR) is 107 cm³/mol. The quantitative estimate of drug-likeness (QED) is 0.649. The number of likely N-dealkylation sites (tertiary alicyclic amines) is 1. The van der Waals surface area contributed by atoms with Gasteiger partial charge in [0.15, 0.2) is 0 Å². The number of benzene rings is 1. The van der Waals surface area contributed by atoms with E-state index in [0.29, 0.717) is 25.0 Å². The van der Waals surface area contributed by atoms with Gasteiger partial charge in [0.2, 0.25) is 0 Å². The number of fused-ring (bicyclic) bond motifs is 1. The summed E-state index contributed by atoms with van der Waals surface area (Å²) in [5.74, 6) is 1.07. The molecule has 0 spiro atoms. The highest BCUT2D eigenvalue weighted by atomic mass is 16.6. The normalized spacial score (nSPS) is 22.0. The van der Waals surface area contributed by atoms with E-state index in [4.69, 9.17) is 9.72 Å². The maximum Gasteiger partial charge on any atom is 0.410 e. The molecule has 1 amide bonds. The Kier molecular flexibility index (Phi) is 4.30. The van der Waals surface area contributed by atoms with Crippen LogP contribution in [0.25, 0.3) is 5.65 Å². The molecule has 5 nitrogen and oxygen atoms in total. The first-order valence-electron chi connectivity index (χ1n) is 10.1. The van der Waals surface area contributed by atoms with Crippen molar-refractivity contribution in [3.05, 3.63) is 71.7 Å². The summed E-state index contributed by atoms with van der Waals surface area (Å²) in [5.41, 5.74) is 4.28. The van der Waals surface area contributed by atoms with Gasteiger partial charge in [0.1, 0.15) is 12.3 Å². The first kappa shape index (κ1) is 17.3. The van der Waals surface area contributed by atoms with Crippen LogP contribution < -0.4 is 0 Å². The van der Waals surface area contributed by atoms with E-state index in [-0.39, 0.29) is 12.1 Å². The van der Waals surface area contributed by atoms with Crippen LogP contribution in [0.4, 0.5) is 4.79 Å². The monoisotopic (exact) mass is 375 g/mol. The van der Waals surface area contributed by atoms with Gasteiger partial charge in [-0.2, -0.15) is 0 Å². The SMILES string of the molecule is C[C@@H]1CCN(C(=O)OCc2ccccc2)[C@H]1c1cn2cc(C3CC3)ccc2n1. The molecule has 3 heterocycles. The van der Waals surface area contributed by atoms with Crippen molar-refractivity contribution in [1.29, 1.82) is 0 Å². The number of hydrogen-bond donors (Lipinski definition) is 0. The molecule has 0 N–H and O–H groups in total. The second kappa shape index (κ2) is 6.97. The van der Waals surface area contributed by atoms with Gasteiger partial charge in [0.25, 0.3) is 0 Å². The van der Waals surface area contributed by atoms with E-state index < -0.39 is 0 Å².